The lowest BCUT2D eigenvalue weighted by atomic mass is 10.1. The maximum absolute atomic E-state index is 13.4. The average molecular weight is 315 g/mol. The number of aryl methyl sites for hydroxylation is 1. The number of hydrogen-bond acceptors (Lipinski definition) is 3. The summed E-state index contributed by atoms with van der Waals surface area (Å²) in [4.78, 5) is 23.2. The Hall–Kier alpha value is -2.69. The number of esters is 1. The Kier molecular flexibility index (Phi) is 6.29. The van der Waals surface area contributed by atoms with Crippen molar-refractivity contribution in [3.63, 3.8) is 0 Å². The van der Waals surface area contributed by atoms with Crippen molar-refractivity contribution in [1.82, 2.24) is 5.32 Å². The highest BCUT2D eigenvalue weighted by atomic mass is 19.1. The van der Waals surface area contributed by atoms with Gasteiger partial charge in [-0.05, 0) is 23.6 Å². The van der Waals surface area contributed by atoms with Crippen LogP contribution in [0, 0.1) is 5.82 Å². The standard InChI is InChI=1S/C18H18FNO3/c19-16-9-5-4-8-15(16)10-11-17(21)20-12-18(22)23-13-14-6-2-1-3-7-14/h1-9H,10-13H2,(H,20,21). The summed E-state index contributed by atoms with van der Waals surface area (Å²) < 4.78 is 18.5. The summed E-state index contributed by atoms with van der Waals surface area (Å²) in [6, 6.07) is 15.6. The molecule has 5 heteroatoms. The fourth-order valence-corrected chi connectivity index (χ4v) is 2.00. The van der Waals surface area contributed by atoms with Gasteiger partial charge in [0, 0.05) is 6.42 Å². The maximum Gasteiger partial charge on any atom is 0.325 e. The predicted octanol–water partition coefficient (Wildman–Crippen LogP) is 2.62. The molecular formula is C18H18FNO3. The quantitative estimate of drug-likeness (QED) is 0.799. The lowest BCUT2D eigenvalue weighted by Crippen LogP contribution is -2.30. The van der Waals surface area contributed by atoms with Crippen molar-refractivity contribution in [2.24, 2.45) is 0 Å². The predicted molar refractivity (Wildman–Crippen MR) is 84.0 cm³/mol. The van der Waals surface area contributed by atoms with Crippen LogP contribution in [0.4, 0.5) is 4.39 Å². The summed E-state index contributed by atoms with van der Waals surface area (Å²) in [6.45, 7) is -0.0201. The first kappa shape index (κ1) is 16.7. The van der Waals surface area contributed by atoms with Crippen LogP contribution in [-0.2, 0) is 27.4 Å². The molecule has 0 atom stereocenters. The molecular weight excluding hydrogens is 297 g/mol. The van der Waals surface area contributed by atoms with Crippen LogP contribution in [0.5, 0.6) is 0 Å². The van der Waals surface area contributed by atoms with Crippen molar-refractivity contribution in [2.45, 2.75) is 19.4 Å². The molecule has 0 aliphatic heterocycles. The minimum atomic E-state index is -0.506. The van der Waals surface area contributed by atoms with Gasteiger partial charge in [-0.15, -0.1) is 0 Å². The molecule has 0 radical (unpaired) electrons. The van der Waals surface area contributed by atoms with Crippen molar-refractivity contribution >= 4 is 11.9 Å². The summed E-state index contributed by atoms with van der Waals surface area (Å²) in [5.74, 6) is -1.15. The molecule has 1 amide bonds. The second-order valence-electron chi connectivity index (χ2n) is 5.01. The fraction of sp³-hybridized carbons (Fsp3) is 0.222. The number of amides is 1. The molecule has 0 saturated carbocycles. The number of hydrogen-bond donors (Lipinski definition) is 1. The number of ether oxygens (including phenoxy) is 1. The molecule has 0 saturated heterocycles. The lowest BCUT2D eigenvalue weighted by Gasteiger charge is -2.07. The van der Waals surface area contributed by atoms with Crippen molar-refractivity contribution < 1.29 is 18.7 Å². The van der Waals surface area contributed by atoms with Gasteiger partial charge in [0.15, 0.2) is 0 Å². The molecule has 1 N–H and O–H groups in total. The van der Waals surface area contributed by atoms with Crippen LogP contribution >= 0.6 is 0 Å². The SMILES string of the molecule is O=C(CCc1ccccc1F)NCC(=O)OCc1ccccc1. The molecule has 0 unspecified atom stereocenters. The van der Waals surface area contributed by atoms with E-state index in [1.165, 1.54) is 6.07 Å². The number of carbonyl (C=O) groups excluding carboxylic acids is 2. The summed E-state index contributed by atoms with van der Waals surface area (Å²) >= 11 is 0. The molecule has 4 nitrogen and oxygen atoms in total. The molecule has 2 rings (SSSR count). The first-order valence-corrected chi connectivity index (χ1v) is 7.35. The van der Waals surface area contributed by atoms with Crippen molar-refractivity contribution in [1.29, 1.82) is 0 Å². The first-order valence-electron chi connectivity index (χ1n) is 7.35. The maximum atomic E-state index is 13.4. The molecule has 0 aromatic heterocycles. The van der Waals surface area contributed by atoms with E-state index in [9.17, 15) is 14.0 Å². The Labute approximate surface area is 134 Å². The van der Waals surface area contributed by atoms with E-state index in [0.29, 0.717) is 5.56 Å². The van der Waals surface area contributed by atoms with Gasteiger partial charge in [0.1, 0.15) is 19.0 Å². The first-order chi connectivity index (χ1) is 11.1. The molecule has 2 aromatic rings. The summed E-state index contributed by atoms with van der Waals surface area (Å²) in [7, 11) is 0. The minimum Gasteiger partial charge on any atom is -0.460 e. The second-order valence-corrected chi connectivity index (χ2v) is 5.01. The Morgan fingerprint density at radius 2 is 1.70 bits per heavy atom. The van der Waals surface area contributed by atoms with E-state index in [4.69, 9.17) is 4.74 Å². The van der Waals surface area contributed by atoms with Crippen LogP contribution < -0.4 is 5.32 Å². The molecule has 0 fully saturated rings. The fourth-order valence-electron chi connectivity index (χ4n) is 2.00. The van der Waals surface area contributed by atoms with E-state index in [1.54, 1.807) is 18.2 Å². The highest BCUT2D eigenvalue weighted by molar-refractivity contribution is 5.82. The van der Waals surface area contributed by atoms with E-state index in [0.717, 1.165) is 5.56 Å². The van der Waals surface area contributed by atoms with Crippen molar-refractivity contribution in [3.05, 3.63) is 71.5 Å². The van der Waals surface area contributed by atoms with Gasteiger partial charge in [0.25, 0.3) is 0 Å². The van der Waals surface area contributed by atoms with Crippen LogP contribution in [0.25, 0.3) is 0 Å². The molecule has 0 aliphatic carbocycles. The van der Waals surface area contributed by atoms with Gasteiger partial charge in [-0.1, -0.05) is 48.5 Å². The number of carbonyl (C=O) groups is 2. The molecule has 0 spiro atoms. The van der Waals surface area contributed by atoms with Crippen LogP contribution in [0.2, 0.25) is 0 Å². The van der Waals surface area contributed by atoms with E-state index >= 15 is 0 Å². The number of benzene rings is 2. The van der Waals surface area contributed by atoms with E-state index < -0.39 is 5.97 Å². The van der Waals surface area contributed by atoms with Crippen LogP contribution in [0.15, 0.2) is 54.6 Å². The Balaban J connectivity index is 1.66. The number of halogens is 1. The zero-order valence-corrected chi connectivity index (χ0v) is 12.6. The van der Waals surface area contributed by atoms with Gasteiger partial charge in [0.05, 0.1) is 0 Å². The molecule has 2 aromatic carbocycles. The Morgan fingerprint density at radius 3 is 2.43 bits per heavy atom. The number of rotatable bonds is 7. The van der Waals surface area contributed by atoms with Gasteiger partial charge < -0.3 is 10.1 Å². The monoisotopic (exact) mass is 315 g/mol. The normalized spacial score (nSPS) is 10.1. The highest BCUT2D eigenvalue weighted by Gasteiger charge is 2.08. The minimum absolute atomic E-state index is 0.118. The van der Waals surface area contributed by atoms with Crippen LogP contribution in [0.3, 0.4) is 0 Å². The van der Waals surface area contributed by atoms with E-state index in [-0.39, 0.29) is 37.7 Å². The van der Waals surface area contributed by atoms with Crippen molar-refractivity contribution in [2.75, 3.05) is 6.54 Å². The summed E-state index contributed by atoms with van der Waals surface area (Å²) in [5.41, 5.74) is 1.36. The third-order valence-electron chi connectivity index (χ3n) is 3.25. The molecule has 0 aliphatic rings. The third kappa shape index (κ3) is 5.90. The van der Waals surface area contributed by atoms with E-state index in [1.807, 2.05) is 30.3 Å². The lowest BCUT2D eigenvalue weighted by molar-refractivity contribution is -0.145. The Bertz CT molecular complexity index is 658. The van der Waals surface area contributed by atoms with E-state index in [2.05, 4.69) is 5.32 Å². The molecule has 23 heavy (non-hydrogen) atoms. The highest BCUT2D eigenvalue weighted by Crippen LogP contribution is 2.08. The second kappa shape index (κ2) is 8.68. The van der Waals surface area contributed by atoms with Gasteiger partial charge in [-0.3, -0.25) is 9.59 Å². The van der Waals surface area contributed by atoms with Gasteiger partial charge in [-0.25, -0.2) is 4.39 Å². The average Bonchev–Trinajstić information content (AvgIpc) is 2.58. The topological polar surface area (TPSA) is 55.4 Å². The zero-order chi connectivity index (χ0) is 16.5. The molecule has 0 bridgehead atoms. The molecule has 0 heterocycles. The largest absolute Gasteiger partial charge is 0.460 e. The Morgan fingerprint density at radius 1 is 1.00 bits per heavy atom. The molecule has 120 valence electrons. The van der Waals surface area contributed by atoms with Gasteiger partial charge >= 0.3 is 5.97 Å². The number of nitrogens with one attached hydrogen (secondary N) is 1. The van der Waals surface area contributed by atoms with Gasteiger partial charge in [-0.2, -0.15) is 0 Å². The van der Waals surface area contributed by atoms with Crippen LogP contribution in [-0.4, -0.2) is 18.4 Å². The van der Waals surface area contributed by atoms with Crippen molar-refractivity contribution in [3.8, 4) is 0 Å². The summed E-state index contributed by atoms with van der Waals surface area (Å²) in [5, 5.41) is 2.47. The zero-order valence-electron chi connectivity index (χ0n) is 12.6. The van der Waals surface area contributed by atoms with Crippen LogP contribution in [0.1, 0.15) is 17.5 Å². The summed E-state index contributed by atoms with van der Waals surface area (Å²) in [6.07, 6.45) is 0.407. The van der Waals surface area contributed by atoms with Gasteiger partial charge in [0.2, 0.25) is 5.91 Å². The smallest absolute Gasteiger partial charge is 0.325 e. The third-order valence-corrected chi connectivity index (χ3v) is 3.25.